The molecule has 0 saturated heterocycles. The molecule has 1 aliphatic rings. The zero-order valence-corrected chi connectivity index (χ0v) is 13.7. The number of thioether (sulfide) groups is 1. The van der Waals surface area contributed by atoms with Gasteiger partial charge in [-0.25, -0.2) is 0 Å². The molecule has 0 heterocycles. The summed E-state index contributed by atoms with van der Waals surface area (Å²) < 4.78 is 0. The molecule has 1 aromatic carbocycles. The molecule has 4 nitrogen and oxygen atoms in total. The maximum Gasteiger partial charge on any atom is 0.311 e. The number of hydrogen-bond acceptors (Lipinski definition) is 3. The van der Waals surface area contributed by atoms with Crippen molar-refractivity contribution in [2.24, 2.45) is 5.41 Å². The normalized spacial score (nSPS) is 17.0. The summed E-state index contributed by atoms with van der Waals surface area (Å²) in [5.41, 5.74) is 0.385. The first-order valence-electron chi connectivity index (χ1n) is 7.72. The number of aryl methyl sites for hydroxylation is 1. The van der Waals surface area contributed by atoms with Crippen LogP contribution in [0.5, 0.6) is 0 Å². The molecule has 1 fully saturated rings. The largest absolute Gasteiger partial charge is 0.481 e. The molecule has 0 spiro atoms. The molecule has 0 aliphatic heterocycles. The van der Waals surface area contributed by atoms with Crippen molar-refractivity contribution in [3.05, 3.63) is 29.8 Å². The average molecular weight is 321 g/mol. The lowest BCUT2D eigenvalue weighted by Crippen LogP contribution is -2.44. The van der Waals surface area contributed by atoms with Crippen molar-refractivity contribution in [1.29, 1.82) is 0 Å². The Bertz CT molecular complexity index is 538. The van der Waals surface area contributed by atoms with Crippen LogP contribution in [0.1, 0.15) is 37.7 Å². The van der Waals surface area contributed by atoms with Gasteiger partial charge in [-0.3, -0.25) is 9.59 Å². The highest BCUT2D eigenvalue weighted by molar-refractivity contribution is 8.00. The SMILES string of the molecule is Cc1ccccc1SCC(=O)NCC1(C(=O)O)CCCCC1. The van der Waals surface area contributed by atoms with Crippen molar-refractivity contribution in [3.8, 4) is 0 Å². The third kappa shape index (κ3) is 4.26. The van der Waals surface area contributed by atoms with E-state index < -0.39 is 11.4 Å². The van der Waals surface area contributed by atoms with Crippen LogP contribution >= 0.6 is 11.8 Å². The predicted octanol–water partition coefficient (Wildman–Crippen LogP) is 3.24. The second-order valence-corrected chi connectivity index (χ2v) is 6.99. The number of carbonyl (C=O) groups is 2. The van der Waals surface area contributed by atoms with E-state index >= 15 is 0 Å². The fourth-order valence-electron chi connectivity index (χ4n) is 2.88. The van der Waals surface area contributed by atoms with E-state index in [1.165, 1.54) is 11.8 Å². The maximum absolute atomic E-state index is 12.0. The molecular formula is C17H23NO3S. The average Bonchev–Trinajstić information content (AvgIpc) is 2.53. The number of nitrogens with one attached hydrogen (secondary N) is 1. The first kappa shape index (κ1) is 16.9. The maximum atomic E-state index is 12.0. The second-order valence-electron chi connectivity index (χ2n) is 5.98. The minimum absolute atomic E-state index is 0.0977. The number of hydrogen-bond donors (Lipinski definition) is 2. The van der Waals surface area contributed by atoms with Crippen LogP contribution in [0.2, 0.25) is 0 Å². The highest BCUT2D eigenvalue weighted by Gasteiger charge is 2.39. The van der Waals surface area contributed by atoms with Gasteiger partial charge in [0.1, 0.15) is 0 Å². The lowest BCUT2D eigenvalue weighted by molar-refractivity contribution is -0.150. The molecule has 1 aliphatic carbocycles. The van der Waals surface area contributed by atoms with Gasteiger partial charge in [-0.05, 0) is 31.4 Å². The number of carboxylic acid groups (broad SMARTS) is 1. The van der Waals surface area contributed by atoms with Crippen molar-refractivity contribution in [1.82, 2.24) is 5.32 Å². The Labute approximate surface area is 135 Å². The predicted molar refractivity (Wildman–Crippen MR) is 88.1 cm³/mol. The summed E-state index contributed by atoms with van der Waals surface area (Å²) in [5.74, 6) is -0.556. The molecule has 1 amide bonds. The van der Waals surface area contributed by atoms with E-state index in [9.17, 15) is 14.7 Å². The molecule has 120 valence electrons. The van der Waals surface area contributed by atoms with Gasteiger partial charge in [0, 0.05) is 11.4 Å². The van der Waals surface area contributed by atoms with Gasteiger partial charge in [-0.1, -0.05) is 37.5 Å². The Balaban J connectivity index is 1.84. The fourth-order valence-corrected chi connectivity index (χ4v) is 3.73. The van der Waals surface area contributed by atoms with Crippen molar-refractivity contribution in [2.45, 2.75) is 43.9 Å². The number of rotatable bonds is 6. The molecule has 2 N–H and O–H groups in total. The molecule has 5 heteroatoms. The van der Waals surface area contributed by atoms with Gasteiger partial charge < -0.3 is 10.4 Å². The standard InChI is InChI=1S/C17H23NO3S/c1-13-7-3-4-8-14(13)22-11-15(19)18-12-17(16(20)21)9-5-2-6-10-17/h3-4,7-8H,2,5-6,9-12H2,1H3,(H,18,19)(H,20,21). The second kappa shape index (κ2) is 7.68. The van der Waals surface area contributed by atoms with E-state index in [1.54, 1.807) is 0 Å². The number of aliphatic carboxylic acids is 1. The van der Waals surface area contributed by atoms with Crippen molar-refractivity contribution >= 4 is 23.6 Å². The highest BCUT2D eigenvalue weighted by Crippen LogP contribution is 2.36. The van der Waals surface area contributed by atoms with Gasteiger partial charge in [0.15, 0.2) is 0 Å². The van der Waals surface area contributed by atoms with Gasteiger partial charge in [0.25, 0.3) is 0 Å². The van der Waals surface area contributed by atoms with Gasteiger partial charge >= 0.3 is 5.97 Å². The number of benzene rings is 1. The van der Waals surface area contributed by atoms with Crippen LogP contribution in [0.3, 0.4) is 0 Å². The summed E-state index contributed by atoms with van der Waals surface area (Å²) >= 11 is 1.49. The third-order valence-corrected chi connectivity index (χ3v) is 5.52. The van der Waals surface area contributed by atoms with E-state index in [1.807, 2.05) is 31.2 Å². The van der Waals surface area contributed by atoms with E-state index in [0.717, 1.165) is 29.7 Å². The zero-order chi connectivity index (χ0) is 16.0. The minimum atomic E-state index is -0.779. The highest BCUT2D eigenvalue weighted by atomic mass is 32.2. The van der Waals surface area contributed by atoms with Crippen LogP contribution in [0.25, 0.3) is 0 Å². The number of carboxylic acids is 1. The number of amides is 1. The van der Waals surface area contributed by atoms with Crippen LogP contribution in [0.4, 0.5) is 0 Å². The zero-order valence-electron chi connectivity index (χ0n) is 12.9. The van der Waals surface area contributed by atoms with Gasteiger partial charge in [-0.15, -0.1) is 11.8 Å². The lowest BCUT2D eigenvalue weighted by Gasteiger charge is -2.33. The third-order valence-electron chi connectivity index (χ3n) is 4.34. The van der Waals surface area contributed by atoms with Gasteiger partial charge in [0.2, 0.25) is 5.91 Å². The smallest absolute Gasteiger partial charge is 0.311 e. The molecule has 2 rings (SSSR count). The molecule has 0 aromatic heterocycles. The quantitative estimate of drug-likeness (QED) is 0.789. The summed E-state index contributed by atoms with van der Waals surface area (Å²) in [4.78, 5) is 24.7. The Morgan fingerprint density at radius 2 is 1.91 bits per heavy atom. The minimum Gasteiger partial charge on any atom is -0.481 e. The van der Waals surface area contributed by atoms with Gasteiger partial charge in [-0.2, -0.15) is 0 Å². The van der Waals surface area contributed by atoms with E-state index in [-0.39, 0.29) is 12.5 Å². The Kier molecular flexibility index (Phi) is 5.89. The Hall–Kier alpha value is -1.49. The van der Waals surface area contributed by atoms with E-state index in [0.29, 0.717) is 18.6 Å². The van der Waals surface area contributed by atoms with Crippen LogP contribution in [-0.2, 0) is 9.59 Å². The first-order valence-corrected chi connectivity index (χ1v) is 8.71. The first-order chi connectivity index (χ1) is 10.5. The molecule has 1 saturated carbocycles. The van der Waals surface area contributed by atoms with Crippen LogP contribution in [0, 0.1) is 12.3 Å². The van der Waals surface area contributed by atoms with E-state index in [4.69, 9.17) is 0 Å². The molecule has 0 bridgehead atoms. The molecule has 1 aromatic rings. The van der Waals surface area contributed by atoms with E-state index in [2.05, 4.69) is 5.32 Å². The topological polar surface area (TPSA) is 66.4 Å². The summed E-state index contributed by atoms with van der Waals surface area (Å²) in [5, 5.41) is 12.3. The summed E-state index contributed by atoms with van der Waals surface area (Å²) in [6.45, 7) is 2.26. The molecular weight excluding hydrogens is 298 g/mol. The van der Waals surface area contributed by atoms with Crippen LogP contribution < -0.4 is 5.32 Å². The molecule has 0 atom stereocenters. The van der Waals surface area contributed by atoms with Crippen molar-refractivity contribution in [3.63, 3.8) is 0 Å². The Morgan fingerprint density at radius 1 is 1.23 bits per heavy atom. The molecule has 0 radical (unpaired) electrons. The fraction of sp³-hybridized carbons (Fsp3) is 0.529. The molecule has 22 heavy (non-hydrogen) atoms. The van der Waals surface area contributed by atoms with Crippen LogP contribution in [-0.4, -0.2) is 29.3 Å². The monoisotopic (exact) mass is 321 g/mol. The van der Waals surface area contributed by atoms with Crippen molar-refractivity contribution < 1.29 is 14.7 Å². The summed E-state index contributed by atoms with van der Waals surface area (Å²) in [6.07, 6.45) is 4.27. The van der Waals surface area contributed by atoms with Gasteiger partial charge in [0.05, 0.1) is 11.2 Å². The molecule has 0 unspecified atom stereocenters. The lowest BCUT2D eigenvalue weighted by atomic mass is 9.74. The van der Waals surface area contributed by atoms with Crippen molar-refractivity contribution in [2.75, 3.05) is 12.3 Å². The van der Waals surface area contributed by atoms with Crippen LogP contribution in [0.15, 0.2) is 29.2 Å². The summed E-state index contributed by atoms with van der Waals surface area (Å²) in [7, 11) is 0. The number of carbonyl (C=O) groups excluding carboxylic acids is 1. The summed E-state index contributed by atoms with van der Waals surface area (Å²) in [6, 6.07) is 7.93. The Morgan fingerprint density at radius 3 is 2.55 bits per heavy atom.